The molecule has 0 bridgehead atoms. The lowest BCUT2D eigenvalue weighted by Crippen LogP contribution is -2.50. The number of carbonyl (C=O) groups excluding carboxylic acids is 1. The van der Waals surface area contributed by atoms with E-state index in [-0.39, 0.29) is 18.6 Å². The number of amides is 1. The summed E-state index contributed by atoms with van der Waals surface area (Å²) >= 11 is 0. The fourth-order valence-corrected chi connectivity index (χ4v) is 0.541. The summed E-state index contributed by atoms with van der Waals surface area (Å²) in [7, 11) is 0. The first-order valence-corrected chi connectivity index (χ1v) is 2.23. The van der Waals surface area contributed by atoms with Gasteiger partial charge in [-0.3, -0.25) is 4.79 Å². The molecule has 40 valence electrons. The average molecular weight is 101 g/mol. The third-order valence-corrected chi connectivity index (χ3v) is 1.02. The van der Waals surface area contributed by atoms with E-state index in [1.165, 1.54) is 0 Å². The predicted molar refractivity (Wildman–Crippen MR) is 23.6 cm³/mol. The maximum absolute atomic E-state index is 10.0. The molecule has 0 aromatic carbocycles. The van der Waals surface area contributed by atoms with Crippen LogP contribution in [-0.4, -0.2) is 23.7 Å². The summed E-state index contributed by atoms with van der Waals surface area (Å²) in [4.78, 5) is 10.0. The first kappa shape index (κ1) is 4.59. The lowest BCUT2D eigenvalue weighted by molar-refractivity contribution is -0.129. The monoisotopic (exact) mass is 101 g/mol. The second-order valence-corrected chi connectivity index (χ2v) is 1.65. The Kier molecular flexibility index (Phi) is 0.982. The number of hydrogen-bond donors (Lipinski definition) is 2. The van der Waals surface area contributed by atoms with Gasteiger partial charge in [0.05, 0.1) is 12.6 Å². The molecule has 1 unspecified atom stereocenters. The molecule has 1 saturated heterocycles. The van der Waals surface area contributed by atoms with Crippen LogP contribution in [0.3, 0.4) is 0 Å². The number of aliphatic hydroxyl groups excluding tert-OH is 1. The maximum Gasteiger partial charge on any atom is 0.222 e. The molecule has 3 heteroatoms. The highest BCUT2D eigenvalue weighted by atomic mass is 16.3. The van der Waals surface area contributed by atoms with Crippen LogP contribution in [-0.2, 0) is 4.79 Å². The van der Waals surface area contributed by atoms with Gasteiger partial charge in [-0.2, -0.15) is 0 Å². The van der Waals surface area contributed by atoms with E-state index >= 15 is 0 Å². The van der Waals surface area contributed by atoms with Gasteiger partial charge < -0.3 is 10.4 Å². The van der Waals surface area contributed by atoms with E-state index in [0.29, 0.717) is 6.42 Å². The van der Waals surface area contributed by atoms with E-state index in [1.54, 1.807) is 0 Å². The zero-order chi connectivity index (χ0) is 5.28. The molecule has 7 heavy (non-hydrogen) atoms. The first-order chi connectivity index (χ1) is 3.33. The molecule has 0 saturated carbocycles. The topological polar surface area (TPSA) is 49.3 Å². The van der Waals surface area contributed by atoms with Gasteiger partial charge in [0.15, 0.2) is 0 Å². The van der Waals surface area contributed by atoms with Crippen molar-refractivity contribution in [3.63, 3.8) is 0 Å². The predicted octanol–water partition coefficient (Wildman–Crippen LogP) is -1.13. The lowest BCUT2D eigenvalue weighted by atomic mass is 10.1. The number of β-lactam (4-membered cyclic amide) rings is 1. The Morgan fingerprint density at radius 2 is 2.57 bits per heavy atom. The van der Waals surface area contributed by atoms with Crippen molar-refractivity contribution in [2.24, 2.45) is 0 Å². The quantitative estimate of drug-likeness (QED) is 0.410. The molecule has 1 atom stereocenters. The molecule has 0 aromatic rings. The second-order valence-electron chi connectivity index (χ2n) is 1.65. The van der Waals surface area contributed by atoms with E-state index in [2.05, 4.69) is 5.32 Å². The van der Waals surface area contributed by atoms with E-state index < -0.39 is 0 Å². The van der Waals surface area contributed by atoms with Crippen LogP contribution in [0, 0.1) is 0 Å². The van der Waals surface area contributed by atoms with Crippen molar-refractivity contribution in [2.75, 3.05) is 6.61 Å². The van der Waals surface area contributed by atoms with Crippen LogP contribution in [0.1, 0.15) is 6.42 Å². The fourth-order valence-electron chi connectivity index (χ4n) is 0.541. The van der Waals surface area contributed by atoms with Gasteiger partial charge in [-0.1, -0.05) is 0 Å². The summed E-state index contributed by atoms with van der Waals surface area (Å²) < 4.78 is 0. The number of carbonyl (C=O) groups is 1. The molecule has 0 spiro atoms. The van der Waals surface area contributed by atoms with Gasteiger partial charge in [0.2, 0.25) is 5.91 Å². The fraction of sp³-hybridized carbons (Fsp3) is 0.750. The molecule has 1 amide bonds. The zero-order valence-electron chi connectivity index (χ0n) is 3.85. The van der Waals surface area contributed by atoms with Crippen LogP contribution in [0.4, 0.5) is 0 Å². The van der Waals surface area contributed by atoms with Gasteiger partial charge in [0.25, 0.3) is 0 Å². The summed E-state index contributed by atoms with van der Waals surface area (Å²) in [5.74, 6) is 0.0408. The van der Waals surface area contributed by atoms with E-state index in [9.17, 15) is 4.79 Å². The normalized spacial score (nSPS) is 28.7. The van der Waals surface area contributed by atoms with Gasteiger partial charge >= 0.3 is 0 Å². The lowest BCUT2D eigenvalue weighted by Gasteiger charge is -2.23. The molecule has 0 radical (unpaired) electrons. The van der Waals surface area contributed by atoms with Gasteiger partial charge in [-0.25, -0.2) is 0 Å². The SMILES string of the molecule is O=C1CC(CO)N1. The molecule has 0 aliphatic carbocycles. The molecule has 0 aromatic heterocycles. The summed E-state index contributed by atoms with van der Waals surface area (Å²) in [5, 5.41) is 10.8. The van der Waals surface area contributed by atoms with Crippen LogP contribution in [0.15, 0.2) is 0 Å². The first-order valence-electron chi connectivity index (χ1n) is 2.23. The number of aliphatic hydroxyl groups is 1. The third kappa shape index (κ3) is 0.718. The van der Waals surface area contributed by atoms with Crippen molar-refractivity contribution >= 4 is 5.91 Å². The van der Waals surface area contributed by atoms with Crippen molar-refractivity contribution in [1.82, 2.24) is 5.32 Å². The van der Waals surface area contributed by atoms with Crippen LogP contribution >= 0.6 is 0 Å². The van der Waals surface area contributed by atoms with Gasteiger partial charge in [0, 0.05) is 6.42 Å². The van der Waals surface area contributed by atoms with E-state index in [1.807, 2.05) is 0 Å². The van der Waals surface area contributed by atoms with Crippen LogP contribution in [0.2, 0.25) is 0 Å². The smallest absolute Gasteiger partial charge is 0.222 e. The Hall–Kier alpha value is -0.570. The highest BCUT2D eigenvalue weighted by Gasteiger charge is 2.23. The van der Waals surface area contributed by atoms with Gasteiger partial charge in [0.1, 0.15) is 0 Å². The highest BCUT2D eigenvalue weighted by Crippen LogP contribution is 2.00. The highest BCUT2D eigenvalue weighted by molar-refractivity contribution is 5.82. The Labute approximate surface area is 41.3 Å². The molecular formula is C4H7NO2. The summed E-state index contributed by atoms with van der Waals surface area (Å²) in [6.07, 6.45) is 0.497. The third-order valence-electron chi connectivity index (χ3n) is 1.02. The summed E-state index contributed by atoms with van der Waals surface area (Å²) in [6, 6.07) is 0.0486. The Morgan fingerprint density at radius 3 is 2.71 bits per heavy atom. The molecule has 3 nitrogen and oxygen atoms in total. The minimum Gasteiger partial charge on any atom is -0.394 e. The van der Waals surface area contributed by atoms with Crippen molar-refractivity contribution in [3.8, 4) is 0 Å². The van der Waals surface area contributed by atoms with Crippen molar-refractivity contribution in [2.45, 2.75) is 12.5 Å². The van der Waals surface area contributed by atoms with Crippen LogP contribution in [0.5, 0.6) is 0 Å². The molecule has 1 rings (SSSR count). The minimum absolute atomic E-state index is 0.0408. The molecule has 1 fully saturated rings. The van der Waals surface area contributed by atoms with Gasteiger partial charge in [-0.15, -0.1) is 0 Å². The van der Waals surface area contributed by atoms with E-state index in [0.717, 1.165) is 0 Å². The average Bonchev–Trinajstić information content (AvgIpc) is 1.58. The van der Waals surface area contributed by atoms with Crippen LogP contribution < -0.4 is 5.32 Å². The minimum atomic E-state index is 0.0408. The molecule has 2 N–H and O–H groups in total. The van der Waals surface area contributed by atoms with E-state index in [4.69, 9.17) is 5.11 Å². The second kappa shape index (κ2) is 1.50. The molecule has 1 aliphatic heterocycles. The molecule has 1 heterocycles. The standard InChI is InChI=1S/C4H7NO2/c6-2-3-1-4(7)5-3/h3,6H,1-2H2,(H,5,7). The summed E-state index contributed by atoms with van der Waals surface area (Å²) in [6.45, 7) is 0.0751. The maximum atomic E-state index is 10.0. The van der Waals surface area contributed by atoms with Crippen molar-refractivity contribution in [3.05, 3.63) is 0 Å². The summed E-state index contributed by atoms with van der Waals surface area (Å²) in [5.41, 5.74) is 0. The number of nitrogens with one attached hydrogen (secondary N) is 1. The van der Waals surface area contributed by atoms with Crippen LogP contribution in [0.25, 0.3) is 0 Å². The van der Waals surface area contributed by atoms with Crippen molar-refractivity contribution in [1.29, 1.82) is 0 Å². The molecular weight excluding hydrogens is 94.0 g/mol. The Morgan fingerprint density at radius 1 is 2.00 bits per heavy atom. The van der Waals surface area contributed by atoms with Crippen molar-refractivity contribution < 1.29 is 9.90 Å². The number of rotatable bonds is 1. The molecule has 1 aliphatic rings. The Balaban J connectivity index is 2.17. The Bertz CT molecular complexity index is 83.7. The zero-order valence-corrected chi connectivity index (χ0v) is 3.85. The largest absolute Gasteiger partial charge is 0.394 e. The van der Waals surface area contributed by atoms with Gasteiger partial charge in [-0.05, 0) is 0 Å². The number of hydrogen-bond acceptors (Lipinski definition) is 2.